The second-order valence-corrected chi connectivity index (χ2v) is 10.3. The number of fused-ring (bicyclic) bond motifs is 1. The first kappa shape index (κ1) is 21.7. The zero-order chi connectivity index (χ0) is 22.9. The van der Waals surface area contributed by atoms with Gasteiger partial charge in [0.15, 0.2) is 0 Å². The van der Waals surface area contributed by atoms with Crippen LogP contribution in [-0.2, 0) is 7.05 Å². The quantitative estimate of drug-likeness (QED) is 0.428. The third kappa shape index (κ3) is 4.14. The molecule has 0 saturated heterocycles. The summed E-state index contributed by atoms with van der Waals surface area (Å²) in [5.74, 6) is 1.85. The molecule has 5 rings (SSSR count). The minimum atomic E-state index is -0.112. The SMILES string of the molecule is Cc1ncccc1NC(=O)c1cc(C2SCCNc3c2c(-c2ccccn2)nn3C)c(C)s1. The van der Waals surface area contributed by atoms with E-state index < -0.39 is 0 Å². The molecule has 7 nitrogen and oxygen atoms in total. The molecule has 0 aromatic carbocycles. The number of hydrogen-bond donors (Lipinski definition) is 2. The van der Waals surface area contributed by atoms with Gasteiger partial charge in [-0.1, -0.05) is 6.07 Å². The highest BCUT2D eigenvalue weighted by Gasteiger charge is 2.31. The summed E-state index contributed by atoms with van der Waals surface area (Å²) in [6.45, 7) is 4.83. The molecule has 0 spiro atoms. The van der Waals surface area contributed by atoms with Gasteiger partial charge in [0.25, 0.3) is 5.91 Å². The highest BCUT2D eigenvalue weighted by atomic mass is 32.2. The van der Waals surface area contributed by atoms with E-state index in [1.54, 1.807) is 12.4 Å². The standard InChI is InChI=1S/C24H24N6OS2/c1-14-17(8-6-10-25-14)28-24(31)19-13-16(15(2)33-19)22-20-21(18-7-4-5-9-26-18)29-30(3)23(20)27-11-12-32-22/h4-10,13,22,27H,11-12H2,1-3H3,(H,28,31). The summed E-state index contributed by atoms with van der Waals surface area (Å²) in [4.78, 5) is 23.7. The molecule has 1 atom stereocenters. The predicted octanol–water partition coefficient (Wildman–Crippen LogP) is 5.06. The number of aryl methyl sites for hydroxylation is 3. The van der Waals surface area contributed by atoms with Crippen LogP contribution in [0.3, 0.4) is 0 Å². The number of pyridine rings is 2. The third-order valence-electron chi connectivity index (χ3n) is 5.65. The van der Waals surface area contributed by atoms with Crippen LogP contribution < -0.4 is 10.6 Å². The van der Waals surface area contributed by atoms with E-state index in [1.165, 1.54) is 11.3 Å². The molecule has 0 aliphatic carbocycles. The maximum Gasteiger partial charge on any atom is 0.265 e. The van der Waals surface area contributed by atoms with Gasteiger partial charge in [0.2, 0.25) is 0 Å². The molecule has 0 saturated carbocycles. The first-order valence-corrected chi connectivity index (χ1v) is 12.6. The Balaban J connectivity index is 1.54. The maximum absolute atomic E-state index is 13.0. The van der Waals surface area contributed by atoms with Crippen molar-refractivity contribution < 1.29 is 4.79 Å². The summed E-state index contributed by atoms with van der Waals surface area (Å²) in [5, 5.41) is 11.4. The van der Waals surface area contributed by atoms with E-state index in [1.807, 2.05) is 66.8 Å². The molecule has 2 N–H and O–H groups in total. The van der Waals surface area contributed by atoms with Gasteiger partial charge in [0, 0.05) is 42.2 Å². The molecule has 0 radical (unpaired) electrons. The zero-order valence-electron chi connectivity index (χ0n) is 18.6. The fraction of sp³-hybridized carbons (Fsp3) is 0.250. The first-order chi connectivity index (χ1) is 16.0. The van der Waals surface area contributed by atoms with Crippen molar-refractivity contribution in [2.24, 2.45) is 7.05 Å². The maximum atomic E-state index is 13.0. The normalized spacial score (nSPS) is 15.4. The number of hydrogen-bond acceptors (Lipinski definition) is 7. The Morgan fingerprint density at radius 3 is 2.82 bits per heavy atom. The number of nitrogens with zero attached hydrogens (tertiary/aromatic N) is 4. The molecule has 1 aliphatic heterocycles. The summed E-state index contributed by atoms with van der Waals surface area (Å²) in [5.41, 5.74) is 5.52. The van der Waals surface area contributed by atoms with Gasteiger partial charge in [-0.2, -0.15) is 5.10 Å². The van der Waals surface area contributed by atoms with E-state index in [0.717, 1.165) is 56.9 Å². The molecule has 1 unspecified atom stereocenters. The number of nitrogens with one attached hydrogen (secondary N) is 2. The van der Waals surface area contributed by atoms with Crippen molar-refractivity contribution in [1.82, 2.24) is 19.7 Å². The van der Waals surface area contributed by atoms with Crippen molar-refractivity contribution in [3.63, 3.8) is 0 Å². The summed E-state index contributed by atoms with van der Waals surface area (Å²) in [7, 11) is 1.96. The van der Waals surface area contributed by atoms with Gasteiger partial charge in [0.1, 0.15) is 11.5 Å². The first-order valence-electron chi connectivity index (χ1n) is 10.7. The fourth-order valence-electron chi connectivity index (χ4n) is 4.03. The van der Waals surface area contributed by atoms with Crippen LogP contribution >= 0.6 is 23.1 Å². The number of aromatic nitrogens is 4. The smallest absolute Gasteiger partial charge is 0.265 e. The molecule has 4 aromatic rings. The molecular formula is C24H24N6OS2. The van der Waals surface area contributed by atoms with Crippen molar-refractivity contribution in [3.8, 4) is 11.4 Å². The van der Waals surface area contributed by atoms with Crippen molar-refractivity contribution in [2.45, 2.75) is 19.1 Å². The van der Waals surface area contributed by atoms with Crippen LogP contribution in [-0.4, -0.2) is 38.0 Å². The summed E-state index contributed by atoms with van der Waals surface area (Å²) >= 11 is 3.39. The number of amides is 1. The van der Waals surface area contributed by atoms with Crippen LogP contribution in [0.4, 0.5) is 11.5 Å². The fourth-order valence-corrected chi connectivity index (χ4v) is 6.33. The van der Waals surface area contributed by atoms with Crippen molar-refractivity contribution in [1.29, 1.82) is 0 Å². The molecule has 0 fully saturated rings. The molecule has 0 bridgehead atoms. The Kier molecular flexibility index (Phi) is 5.90. The molecule has 9 heteroatoms. The van der Waals surface area contributed by atoms with Crippen molar-refractivity contribution >= 4 is 40.5 Å². The lowest BCUT2D eigenvalue weighted by Crippen LogP contribution is -2.11. The number of carbonyl (C=O) groups excluding carboxylic acids is 1. The molecule has 1 amide bonds. The van der Waals surface area contributed by atoms with E-state index in [4.69, 9.17) is 5.10 Å². The Hall–Kier alpha value is -3.17. The van der Waals surface area contributed by atoms with Crippen LogP contribution in [0.1, 0.15) is 36.6 Å². The molecule has 168 valence electrons. The Labute approximate surface area is 200 Å². The molecular weight excluding hydrogens is 452 g/mol. The number of thioether (sulfide) groups is 1. The van der Waals surface area contributed by atoms with E-state index >= 15 is 0 Å². The van der Waals surface area contributed by atoms with E-state index in [9.17, 15) is 4.79 Å². The van der Waals surface area contributed by atoms with E-state index in [0.29, 0.717) is 4.88 Å². The monoisotopic (exact) mass is 476 g/mol. The molecule has 1 aliphatic rings. The van der Waals surface area contributed by atoms with Crippen LogP contribution in [0.2, 0.25) is 0 Å². The van der Waals surface area contributed by atoms with Crippen molar-refractivity contribution in [2.75, 3.05) is 22.9 Å². The van der Waals surface area contributed by atoms with Crippen molar-refractivity contribution in [3.05, 3.63) is 75.4 Å². The minimum absolute atomic E-state index is 0.0543. The third-order valence-corrected chi connectivity index (χ3v) is 7.98. The van der Waals surface area contributed by atoms with E-state index in [-0.39, 0.29) is 11.2 Å². The zero-order valence-corrected chi connectivity index (χ0v) is 20.3. The lowest BCUT2D eigenvalue weighted by Gasteiger charge is -2.16. The average Bonchev–Trinajstić information content (AvgIpc) is 3.27. The number of thiophene rings is 1. The lowest BCUT2D eigenvalue weighted by atomic mass is 10.0. The Morgan fingerprint density at radius 1 is 1.18 bits per heavy atom. The van der Waals surface area contributed by atoms with Crippen LogP contribution in [0.15, 0.2) is 48.8 Å². The highest BCUT2D eigenvalue weighted by molar-refractivity contribution is 7.99. The number of rotatable bonds is 4. The number of carbonyl (C=O) groups is 1. The summed E-state index contributed by atoms with van der Waals surface area (Å²) < 4.78 is 1.90. The van der Waals surface area contributed by atoms with E-state index in [2.05, 4.69) is 27.5 Å². The van der Waals surface area contributed by atoms with Gasteiger partial charge in [0.05, 0.1) is 27.2 Å². The topological polar surface area (TPSA) is 84.7 Å². The van der Waals surface area contributed by atoms with Gasteiger partial charge >= 0.3 is 0 Å². The van der Waals surface area contributed by atoms with Gasteiger partial charge in [-0.15, -0.1) is 23.1 Å². The van der Waals surface area contributed by atoms with Gasteiger partial charge in [-0.25, -0.2) is 0 Å². The van der Waals surface area contributed by atoms with Gasteiger partial charge in [-0.3, -0.25) is 19.4 Å². The van der Waals surface area contributed by atoms with Crippen LogP contribution in [0.25, 0.3) is 11.4 Å². The molecule has 4 aromatic heterocycles. The largest absolute Gasteiger partial charge is 0.369 e. The minimum Gasteiger partial charge on any atom is -0.369 e. The summed E-state index contributed by atoms with van der Waals surface area (Å²) in [6.07, 6.45) is 3.52. The lowest BCUT2D eigenvalue weighted by molar-refractivity contribution is 0.103. The van der Waals surface area contributed by atoms with Crippen LogP contribution in [0.5, 0.6) is 0 Å². The predicted molar refractivity (Wildman–Crippen MR) is 135 cm³/mol. The number of anilines is 2. The second-order valence-electron chi connectivity index (χ2n) is 7.84. The molecule has 5 heterocycles. The summed E-state index contributed by atoms with van der Waals surface area (Å²) in [6, 6.07) is 11.6. The van der Waals surface area contributed by atoms with Gasteiger partial charge in [-0.05, 0) is 49.7 Å². The van der Waals surface area contributed by atoms with Crippen LogP contribution in [0, 0.1) is 13.8 Å². The Morgan fingerprint density at radius 2 is 2.03 bits per heavy atom. The average molecular weight is 477 g/mol. The second kappa shape index (κ2) is 8.99. The molecule has 33 heavy (non-hydrogen) atoms. The highest BCUT2D eigenvalue weighted by Crippen LogP contribution is 2.47. The Bertz CT molecular complexity index is 1310. The van der Waals surface area contributed by atoms with Gasteiger partial charge < -0.3 is 10.6 Å².